The molecule has 25 heavy (non-hydrogen) atoms. The van der Waals surface area contributed by atoms with Crippen LogP contribution in [0.2, 0.25) is 0 Å². The van der Waals surface area contributed by atoms with Crippen molar-refractivity contribution in [1.29, 1.82) is 0 Å². The summed E-state index contributed by atoms with van der Waals surface area (Å²) in [6, 6.07) is 6.04. The van der Waals surface area contributed by atoms with Crippen molar-refractivity contribution in [3.63, 3.8) is 0 Å². The first kappa shape index (κ1) is 18.5. The monoisotopic (exact) mass is 427 g/mol. The Balaban J connectivity index is 1.96. The van der Waals surface area contributed by atoms with E-state index < -0.39 is 27.6 Å². The van der Waals surface area contributed by atoms with Crippen LogP contribution in [0.25, 0.3) is 0 Å². The Morgan fingerprint density at radius 1 is 1.16 bits per heavy atom. The van der Waals surface area contributed by atoms with Gasteiger partial charge in [0.15, 0.2) is 0 Å². The number of carbonyl (C=O) groups excluding carboxylic acids is 1. The maximum absolute atomic E-state index is 13.1. The molecule has 0 aromatic heterocycles. The van der Waals surface area contributed by atoms with Crippen LogP contribution in [0.4, 0.5) is 4.79 Å². The molecule has 1 amide bonds. The fourth-order valence-corrected chi connectivity index (χ4v) is 6.45. The van der Waals surface area contributed by atoms with Gasteiger partial charge in [-0.3, -0.25) is 4.90 Å². The summed E-state index contributed by atoms with van der Waals surface area (Å²) in [7, 11) is -3.66. The van der Waals surface area contributed by atoms with Gasteiger partial charge in [-0.1, -0.05) is 33.6 Å². The number of rotatable bonds is 2. The number of nitrogens with zero attached hydrogens (tertiary/aromatic N) is 1. The molecule has 2 heterocycles. The van der Waals surface area contributed by atoms with E-state index in [1.807, 2.05) is 6.92 Å². The van der Waals surface area contributed by atoms with Gasteiger partial charge >= 0.3 is 6.09 Å². The van der Waals surface area contributed by atoms with E-state index in [1.54, 1.807) is 49.9 Å². The average molecular weight is 428 g/mol. The summed E-state index contributed by atoms with van der Waals surface area (Å²) >= 11 is 3.45. The highest BCUT2D eigenvalue weighted by molar-refractivity contribution is 9.11. The molecule has 1 aromatic carbocycles. The molecule has 2 unspecified atom stereocenters. The van der Waals surface area contributed by atoms with Crippen LogP contribution < -0.4 is 0 Å². The Labute approximate surface area is 157 Å². The second kappa shape index (κ2) is 6.13. The molecular weight excluding hydrogens is 406 g/mol. The van der Waals surface area contributed by atoms with Gasteiger partial charge in [0.1, 0.15) is 5.60 Å². The molecule has 0 radical (unpaired) electrons. The van der Waals surface area contributed by atoms with E-state index in [4.69, 9.17) is 4.74 Å². The minimum Gasteiger partial charge on any atom is -0.444 e. The van der Waals surface area contributed by atoms with E-state index in [2.05, 4.69) is 15.9 Å². The van der Waals surface area contributed by atoms with Crippen molar-refractivity contribution < 1.29 is 17.9 Å². The lowest BCUT2D eigenvalue weighted by Gasteiger charge is -2.28. The highest BCUT2D eigenvalue weighted by atomic mass is 79.9. The predicted octanol–water partition coefficient (Wildman–Crippen LogP) is 4.16. The van der Waals surface area contributed by atoms with Crippen LogP contribution in [0, 0.1) is 6.92 Å². The zero-order chi connectivity index (χ0) is 18.6. The van der Waals surface area contributed by atoms with Crippen molar-refractivity contribution in [2.75, 3.05) is 0 Å². The molecule has 5 nitrogen and oxygen atoms in total. The van der Waals surface area contributed by atoms with E-state index >= 15 is 0 Å². The number of halogens is 1. The number of hydrogen-bond donors (Lipinski definition) is 0. The third-order valence-corrected chi connectivity index (χ3v) is 7.62. The molecule has 3 rings (SSSR count). The number of hydrogen-bond acceptors (Lipinski definition) is 4. The molecule has 2 bridgehead atoms. The number of benzene rings is 1. The summed E-state index contributed by atoms with van der Waals surface area (Å²) in [6.07, 6.45) is 0.891. The van der Waals surface area contributed by atoms with Crippen molar-refractivity contribution in [2.45, 2.75) is 63.1 Å². The van der Waals surface area contributed by atoms with Gasteiger partial charge in [-0.15, -0.1) is 0 Å². The molecule has 0 saturated carbocycles. The molecule has 1 aromatic rings. The Morgan fingerprint density at radius 2 is 1.72 bits per heavy atom. The number of aryl methyl sites for hydroxylation is 1. The predicted molar refractivity (Wildman–Crippen MR) is 99.2 cm³/mol. The maximum atomic E-state index is 13.1. The summed E-state index contributed by atoms with van der Waals surface area (Å²) in [5.74, 6) is 0. The summed E-state index contributed by atoms with van der Waals surface area (Å²) in [4.78, 5) is 14.7. The van der Waals surface area contributed by atoms with Crippen LogP contribution in [-0.4, -0.2) is 37.1 Å². The van der Waals surface area contributed by atoms with E-state index in [0.29, 0.717) is 15.8 Å². The molecular formula is C18H22BrNO4S. The Hall–Kier alpha value is -1.34. The van der Waals surface area contributed by atoms with Gasteiger partial charge in [-0.25, -0.2) is 13.2 Å². The second-order valence-electron chi connectivity index (χ2n) is 7.53. The number of carbonyl (C=O) groups is 1. The molecule has 0 spiro atoms. The van der Waals surface area contributed by atoms with Crippen molar-refractivity contribution in [2.24, 2.45) is 0 Å². The normalized spacial score (nSPS) is 23.3. The first-order valence-electron chi connectivity index (χ1n) is 8.25. The fraction of sp³-hybridized carbons (Fsp3) is 0.500. The molecule has 2 atom stereocenters. The van der Waals surface area contributed by atoms with E-state index in [-0.39, 0.29) is 10.9 Å². The Morgan fingerprint density at radius 3 is 2.28 bits per heavy atom. The van der Waals surface area contributed by atoms with Gasteiger partial charge < -0.3 is 4.74 Å². The second-order valence-corrected chi connectivity index (χ2v) is 10.3. The van der Waals surface area contributed by atoms with E-state index in [1.165, 1.54) is 0 Å². The van der Waals surface area contributed by atoms with Gasteiger partial charge in [0, 0.05) is 4.48 Å². The van der Waals surface area contributed by atoms with Gasteiger partial charge in [-0.05, 0) is 52.7 Å². The smallest absolute Gasteiger partial charge is 0.411 e. The molecule has 0 N–H and O–H groups in total. The molecule has 2 aliphatic heterocycles. The standard InChI is InChI=1S/C18H22BrNO4S/c1-11-5-7-12(8-6-11)25(22,23)16-14-10-9-13(15(16)19)20(14)17(21)24-18(2,3)4/h5-8,13-14H,9-10H2,1-4H3. The molecule has 1 saturated heterocycles. The zero-order valence-electron chi connectivity index (χ0n) is 14.7. The highest BCUT2D eigenvalue weighted by Crippen LogP contribution is 2.48. The molecule has 2 aliphatic rings. The highest BCUT2D eigenvalue weighted by Gasteiger charge is 2.52. The fourth-order valence-electron chi connectivity index (χ4n) is 3.36. The number of ether oxygens (including phenoxy) is 1. The Kier molecular flexibility index (Phi) is 4.52. The SMILES string of the molecule is Cc1ccc(S(=O)(=O)C2=C(Br)C3CCC2N3C(=O)OC(C)(C)C)cc1. The summed E-state index contributed by atoms with van der Waals surface area (Å²) < 4.78 is 32.3. The van der Waals surface area contributed by atoms with E-state index in [0.717, 1.165) is 12.0 Å². The van der Waals surface area contributed by atoms with Crippen molar-refractivity contribution in [3.8, 4) is 0 Å². The third-order valence-electron chi connectivity index (χ3n) is 4.44. The Bertz CT molecular complexity index is 837. The van der Waals surface area contributed by atoms with Gasteiger partial charge in [0.05, 0.1) is 21.9 Å². The molecule has 7 heteroatoms. The van der Waals surface area contributed by atoms with Crippen LogP contribution in [-0.2, 0) is 14.6 Å². The first-order valence-corrected chi connectivity index (χ1v) is 10.5. The van der Waals surface area contributed by atoms with Gasteiger partial charge in [0.2, 0.25) is 9.84 Å². The van der Waals surface area contributed by atoms with Crippen molar-refractivity contribution in [1.82, 2.24) is 4.90 Å². The molecule has 0 aliphatic carbocycles. The van der Waals surface area contributed by atoms with Crippen LogP contribution >= 0.6 is 15.9 Å². The van der Waals surface area contributed by atoms with Crippen LogP contribution in [0.1, 0.15) is 39.2 Å². The van der Waals surface area contributed by atoms with Crippen molar-refractivity contribution in [3.05, 3.63) is 39.2 Å². The molecule has 1 fully saturated rings. The number of fused-ring (bicyclic) bond motifs is 2. The zero-order valence-corrected chi connectivity index (χ0v) is 17.1. The topological polar surface area (TPSA) is 63.7 Å². The van der Waals surface area contributed by atoms with E-state index in [9.17, 15) is 13.2 Å². The average Bonchev–Trinajstić information content (AvgIpc) is 3.01. The van der Waals surface area contributed by atoms with Crippen molar-refractivity contribution >= 4 is 31.9 Å². The summed E-state index contributed by atoms with van der Waals surface area (Å²) in [5.41, 5.74) is 0.372. The van der Waals surface area contributed by atoms with Gasteiger partial charge in [-0.2, -0.15) is 0 Å². The lowest BCUT2D eigenvalue weighted by Crippen LogP contribution is -2.41. The maximum Gasteiger partial charge on any atom is 0.411 e. The third kappa shape index (κ3) is 3.24. The lowest BCUT2D eigenvalue weighted by molar-refractivity contribution is 0.0230. The quantitative estimate of drug-likeness (QED) is 0.710. The van der Waals surface area contributed by atoms with Gasteiger partial charge in [0.25, 0.3) is 0 Å². The largest absolute Gasteiger partial charge is 0.444 e. The van der Waals surface area contributed by atoms with Crippen LogP contribution in [0.3, 0.4) is 0 Å². The minimum atomic E-state index is -3.66. The first-order chi connectivity index (χ1) is 11.5. The minimum absolute atomic E-state index is 0.252. The lowest BCUT2D eigenvalue weighted by atomic mass is 10.1. The van der Waals surface area contributed by atoms with Crippen LogP contribution in [0.5, 0.6) is 0 Å². The molecule has 136 valence electrons. The number of amides is 1. The number of sulfone groups is 1. The summed E-state index contributed by atoms with van der Waals surface area (Å²) in [6.45, 7) is 7.31. The van der Waals surface area contributed by atoms with Crippen LogP contribution in [0.15, 0.2) is 38.5 Å². The summed E-state index contributed by atoms with van der Waals surface area (Å²) in [5, 5.41) is 0.